The summed E-state index contributed by atoms with van der Waals surface area (Å²) >= 11 is 0. The highest BCUT2D eigenvalue weighted by molar-refractivity contribution is 5.73. The van der Waals surface area contributed by atoms with Crippen molar-refractivity contribution in [2.75, 3.05) is 38.0 Å². The fourth-order valence-electron chi connectivity index (χ4n) is 1.91. The molecule has 1 unspecified atom stereocenters. The quantitative estimate of drug-likeness (QED) is 0.845. The minimum absolute atomic E-state index is 0.255. The van der Waals surface area contributed by atoms with E-state index in [2.05, 4.69) is 10.6 Å². The summed E-state index contributed by atoms with van der Waals surface area (Å²) in [4.78, 5) is 0. The van der Waals surface area contributed by atoms with Crippen LogP contribution in [0.2, 0.25) is 0 Å². The van der Waals surface area contributed by atoms with Crippen LogP contribution >= 0.6 is 0 Å². The van der Waals surface area contributed by atoms with Crippen molar-refractivity contribution in [2.24, 2.45) is 0 Å². The van der Waals surface area contributed by atoms with Crippen LogP contribution in [-0.2, 0) is 4.74 Å². The van der Waals surface area contributed by atoms with Gasteiger partial charge in [0.05, 0.1) is 18.5 Å². The summed E-state index contributed by atoms with van der Waals surface area (Å²) in [5.74, 6) is -0.0960. The second-order valence-corrected chi connectivity index (χ2v) is 4.04. The third-order valence-electron chi connectivity index (χ3n) is 2.86. The molecule has 0 radical (unpaired) electrons. The first kappa shape index (κ1) is 12.0. The molecule has 0 fully saturated rings. The van der Waals surface area contributed by atoms with Gasteiger partial charge in [0, 0.05) is 38.4 Å². The van der Waals surface area contributed by atoms with Crippen LogP contribution < -0.4 is 15.4 Å². The predicted molar refractivity (Wildman–Crippen MR) is 65.3 cm³/mol. The Morgan fingerprint density at radius 3 is 2.88 bits per heavy atom. The van der Waals surface area contributed by atoms with Gasteiger partial charge in [-0.25, -0.2) is 4.39 Å². The number of nitrogens with one attached hydrogen (secondary N) is 2. The minimum atomic E-state index is -0.351. The summed E-state index contributed by atoms with van der Waals surface area (Å²) in [5, 5.41) is 6.54. The molecule has 94 valence electrons. The van der Waals surface area contributed by atoms with E-state index >= 15 is 0 Å². The summed E-state index contributed by atoms with van der Waals surface area (Å²) in [6.45, 7) is 1.47. The zero-order chi connectivity index (χ0) is 12.3. The number of hydrogen-bond donors (Lipinski definition) is 2. The molecule has 1 aliphatic rings. The number of methoxy groups -OCH3 is 2. The molecule has 0 bridgehead atoms. The number of fused-ring (bicyclic) bond motifs is 1. The Bertz CT molecular complexity index is 398. The van der Waals surface area contributed by atoms with Crippen LogP contribution in [-0.4, -0.2) is 33.4 Å². The first-order chi connectivity index (χ1) is 8.24. The van der Waals surface area contributed by atoms with E-state index in [9.17, 15) is 4.39 Å². The molecule has 4 nitrogen and oxygen atoms in total. The maximum atomic E-state index is 13.5. The van der Waals surface area contributed by atoms with Crippen molar-refractivity contribution in [2.45, 2.75) is 12.5 Å². The highest BCUT2D eigenvalue weighted by atomic mass is 19.1. The summed E-state index contributed by atoms with van der Waals surface area (Å²) in [7, 11) is 3.14. The number of hydrogen-bond acceptors (Lipinski definition) is 4. The van der Waals surface area contributed by atoms with Crippen molar-refractivity contribution in [1.82, 2.24) is 0 Å². The molecule has 0 amide bonds. The lowest BCUT2D eigenvalue weighted by atomic mass is 10.1. The van der Waals surface area contributed by atoms with E-state index in [4.69, 9.17) is 9.47 Å². The van der Waals surface area contributed by atoms with E-state index in [0.717, 1.165) is 24.3 Å². The third kappa shape index (κ3) is 2.61. The molecule has 1 heterocycles. The SMILES string of the molecule is COCCC1CNc2cc(F)c(OC)cc2N1. The van der Waals surface area contributed by atoms with Gasteiger partial charge >= 0.3 is 0 Å². The van der Waals surface area contributed by atoms with Gasteiger partial charge < -0.3 is 20.1 Å². The molecule has 17 heavy (non-hydrogen) atoms. The molecule has 1 atom stereocenters. The number of halogens is 1. The maximum Gasteiger partial charge on any atom is 0.167 e. The molecule has 0 saturated heterocycles. The third-order valence-corrected chi connectivity index (χ3v) is 2.86. The van der Waals surface area contributed by atoms with Gasteiger partial charge in [-0.05, 0) is 6.42 Å². The van der Waals surface area contributed by atoms with E-state index in [0.29, 0.717) is 6.61 Å². The Morgan fingerprint density at radius 2 is 2.18 bits per heavy atom. The highest BCUT2D eigenvalue weighted by Crippen LogP contribution is 2.33. The molecule has 2 N–H and O–H groups in total. The average Bonchev–Trinajstić information content (AvgIpc) is 2.35. The Labute approximate surface area is 100 Å². The maximum absolute atomic E-state index is 13.5. The van der Waals surface area contributed by atoms with Crippen LogP contribution in [0.25, 0.3) is 0 Å². The largest absolute Gasteiger partial charge is 0.494 e. The van der Waals surface area contributed by atoms with E-state index in [1.807, 2.05) is 0 Å². The van der Waals surface area contributed by atoms with E-state index in [-0.39, 0.29) is 17.6 Å². The van der Waals surface area contributed by atoms with Gasteiger partial charge in [-0.3, -0.25) is 0 Å². The molecule has 0 aromatic heterocycles. The lowest BCUT2D eigenvalue weighted by Gasteiger charge is -2.28. The molecule has 0 spiro atoms. The Hall–Kier alpha value is -1.49. The summed E-state index contributed by atoms with van der Waals surface area (Å²) in [6, 6.07) is 3.42. The molecule has 2 rings (SSSR count). The normalized spacial score (nSPS) is 17.9. The van der Waals surface area contributed by atoms with Gasteiger partial charge in [0.25, 0.3) is 0 Å². The molecule has 1 aromatic rings. The predicted octanol–water partition coefficient (Wildman–Crippen LogP) is 2.08. The van der Waals surface area contributed by atoms with Gasteiger partial charge in [0.15, 0.2) is 11.6 Å². The molecule has 1 aliphatic heterocycles. The summed E-state index contributed by atoms with van der Waals surface area (Å²) in [6.07, 6.45) is 0.905. The van der Waals surface area contributed by atoms with Crippen LogP contribution in [0.4, 0.5) is 15.8 Å². The lowest BCUT2D eigenvalue weighted by molar-refractivity contribution is 0.190. The second kappa shape index (κ2) is 5.23. The smallest absolute Gasteiger partial charge is 0.167 e. The monoisotopic (exact) mass is 240 g/mol. The van der Waals surface area contributed by atoms with E-state index < -0.39 is 0 Å². The molecular formula is C12H17FN2O2. The topological polar surface area (TPSA) is 42.5 Å². The molecule has 0 aliphatic carbocycles. The standard InChI is InChI=1S/C12H17FN2O2/c1-16-4-3-8-7-14-10-5-9(13)12(17-2)6-11(10)15-8/h5-6,8,14-15H,3-4,7H2,1-2H3. The molecule has 1 aromatic carbocycles. The molecular weight excluding hydrogens is 223 g/mol. The van der Waals surface area contributed by atoms with Gasteiger partial charge in [-0.2, -0.15) is 0 Å². The van der Waals surface area contributed by atoms with E-state index in [1.54, 1.807) is 13.2 Å². The van der Waals surface area contributed by atoms with Crippen molar-refractivity contribution in [3.05, 3.63) is 17.9 Å². The molecule has 5 heteroatoms. The number of rotatable bonds is 4. The fourth-order valence-corrected chi connectivity index (χ4v) is 1.91. The number of anilines is 2. The average molecular weight is 240 g/mol. The first-order valence-corrected chi connectivity index (χ1v) is 5.61. The van der Waals surface area contributed by atoms with Gasteiger partial charge in [-0.15, -0.1) is 0 Å². The van der Waals surface area contributed by atoms with Gasteiger partial charge in [0.2, 0.25) is 0 Å². The van der Waals surface area contributed by atoms with Crippen LogP contribution in [0.15, 0.2) is 12.1 Å². The highest BCUT2D eigenvalue weighted by Gasteiger charge is 2.19. The lowest BCUT2D eigenvalue weighted by Crippen LogP contribution is -2.33. The van der Waals surface area contributed by atoms with Crippen LogP contribution in [0.1, 0.15) is 6.42 Å². The van der Waals surface area contributed by atoms with Crippen molar-refractivity contribution in [3.8, 4) is 5.75 Å². The summed E-state index contributed by atoms with van der Waals surface area (Å²) < 4.78 is 23.5. The number of benzene rings is 1. The zero-order valence-corrected chi connectivity index (χ0v) is 10.0. The van der Waals surface area contributed by atoms with Crippen molar-refractivity contribution in [3.63, 3.8) is 0 Å². The van der Waals surface area contributed by atoms with Crippen molar-refractivity contribution < 1.29 is 13.9 Å². The van der Waals surface area contributed by atoms with Crippen LogP contribution in [0.3, 0.4) is 0 Å². The first-order valence-electron chi connectivity index (χ1n) is 5.61. The molecule has 0 saturated carbocycles. The summed E-state index contributed by atoms with van der Waals surface area (Å²) in [5.41, 5.74) is 1.65. The second-order valence-electron chi connectivity index (χ2n) is 4.04. The van der Waals surface area contributed by atoms with Crippen LogP contribution in [0.5, 0.6) is 5.75 Å². The van der Waals surface area contributed by atoms with Gasteiger partial charge in [0.1, 0.15) is 0 Å². The minimum Gasteiger partial charge on any atom is -0.494 e. The Morgan fingerprint density at radius 1 is 1.35 bits per heavy atom. The Balaban J connectivity index is 2.13. The Kier molecular flexibility index (Phi) is 3.68. The van der Waals surface area contributed by atoms with Crippen LogP contribution in [0, 0.1) is 5.82 Å². The van der Waals surface area contributed by atoms with E-state index in [1.165, 1.54) is 13.2 Å². The van der Waals surface area contributed by atoms with Crippen molar-refractivity contribution in [1.29, 1.82) is 0 Å². The zero-order valence-electron chi connectivity index (χ0n) is 10.0. The number of ether oxygens (including phenoxy) is 2. The van der Waals surface area contributed by atoms with Crippen molar-refractivity contribution >= 4 is 11.4 Å². The van der Waals surface area contributed by atoms with Gasteiger partial charge in [-0.1, -0.05) is 0 Å². The fraction of sp³-hybridized carbons (Fsp3) is 0.500.